The molecule has 6 nitrogen and oxygen atoms in total. The maximum absolute atomic E-state index is 12.5. The molecule has 2 N–H and O–H groups in total. The van der Waals surface area contributed by atoms with Gasteiger partial charge < -0.3 is 10.6 Å². The number of carbonyl (C=O) groups is 2. The van der Waals surface area contributed by atoms with Gasteiger partial charge >= 0.3 is 0 Å². The third kappa shape index (κ3) is 4.61. The highest BCUT2D eigenvalue weighted by Gasteiger charge is 2.19. The van der Waals surface area contributed by atoms with Gasteiger partial charge in [-0.25, -0.2) is 4.98 Å². The number of para-hydroxylation sites is 1. The van der Waals surface area contributed by atoms with Crippen molar-refractivity contribution in [3.8, 4) is 5.69 Å². The summed E-state index contributed by atoms with van der Waals surface area (Å²) in [5.74, 6) is -0.567. The van der Waals surface area contributed by atoms with Crippen LogP contribution in [-0.2, 0) is 4.79 Å². The van der Waals surface area contributed by atoms with Gasteiger partial charge in [-0.05, 0) is 39.2 Å². The molecule has 24 heavy (non-hydrogen) atoms. The number of thioether (sulfide) groups is 1. The Morgan fingerprint density at radius 1 is 1.21 bits per heavy atom. The molecule has 0 atom stereocenters. The number of aromatic nitrogens is 2. The molecule has 1 aromatic heterocycles. The van der Waals surface area contributed by atoms with E-state index in [0.29, 0.717) is 10.9 Å². The molecule has 0 saturated carbocycles. The van der Waals surface area contributed by atoms with E-state index >= 15 is 0 Å². The third-order valence-corrected chi connectivity index (χ3v) is 3.74. The van der Waals surface area contributed by atoms with E-state index in [-0.39, 0.29) is 23.9 Å². The van der Waals surface area contributed by atoms with Gasteiger partial charge in [0.25, 0.3) is 5.91 Å². The average Bonchev–Trinajstić information content (AvgIpc) is 2.96. The summed E-state index contributed by atoms with van der Waals surface area (Å²) in [6.45, 7) is 5.59. The Morgan fingerprint density at radius 2 is 1.88 bits per heavy atom. The highest BCUT2D eigenvalue weighted by Crippen LogP contribution is 2.21. The molecule has 7 heteroatoms. The van der Waals surface area contributed by atoms with Crippen LogP contribution in [0.1, 0.15) is 31.3 Å². The fourth-order valence-electron chi connectivity index (χ4n) is 2.18. The molecule has 2 aromatic rings. The van der Waals surface area contributed by atoms with Crippen molar-refractivity contribution in [1.82, 2.24) is 20.2 Å². The second-order valence-electron chi connectivity index (χ2n) is 6.28. The van der Waals surface area contributed by atoms with E-state index in [1.54, 1.807) is 4.57 Å². The predicted octanol–water partition coefficient (Wildman–Crippen LogP) is 2.24. The maximum Gasteiger partial charge on any atom is 0.270 e. The first-order valence-electron chi connectivity index (χ1n) is 7.58. The molecular formula is C17H22N4O2S. The summed E-state index contributed by atoms with van der Waals surface area (Å²) in [6.07, 6.45) is 3.43. The van der Waals surface area contributed by atoms with Crippen LogP contribution in [0.25, 0.3) is 5.69 Å². The van der Waals surface area contributed by atoms with Crippen molar-refractivity contribution < 1.29 is 9.59 Å². The zero-order chi connectivity index (χ0) is 17.7. The molecule has 0 spiro atoms. The second-order valence-corrected chi connectivity index (χ2v) is 7.06. The lowest BCUT2D eigenvalue weighted by Crippen LogP contribution is -2.46. The lowest BCUT2D eigenvalue weighted by molar-refractivity contribution is -0.121. The molecule has 0 bridgehead atoms. The van der Waals surface area contributed by atoms with Crippen molar-refractivity contribution in [3.63, 3.8) is 0 Å². The SMILES string of the molecule is CSc1ncc(C(=O)NCC(=O)NC(C)(C)C)n1-c1ccccc1. The quantitative estimate of drug-likeness (QED) is 0.814. The normalized spacial score (nSPS) is 11.2. The number of hydrogen-bond acceptors (Lipinski definition) is 4. The lowest BCUT2D eigenvalue weighted by Gasteiger charge is -2.20. The Labute approximate surface area is 146 Å². The Morgan fingerprint density at radius 3 is 2.46 bits per heavy atom. The van der Waals surface area contributed by atoms with Gasteiger partial charge in [-0.2, -0.15) is 0 Å². The van der Waals surface area contributed by atoms with Crippen molar-refractivity contribution in [2.45, 2.75) is 31.5 Å². The molecule has 0 saturated heterocycles. The van der Waals surface area contributed by atoms with Gasteiger partial charge in [-0.15, -0.1) is 0 Å². The Hall–Kier alpha value is -2.28. The van der Waals surface area contributed by atoms with Crippen LogP contribution in [0.3, 0.4) is 0 Å². The molecule has 0 unspecified atom stereocenters. The number of carbonyl (C=O) groups excluding carboxylic acids is 2. The summed E-state index contributed by atoms with van der Waals surface area (Å²) >= 11 is 1.45. The minimum absolute atomic E-state index is 0.0787. The van der Waals surface area contributed by atoms with Crippen LogP contribution in [0.2, 0.25) is 0 Å². The van der Waals surface area contributed by atoms with Gasteiger partial charge in [-0.3, -0.25) is 14.2 Å². The zero-order valence-corrected chi connectivity index (χ0v) is 15.1. The van der Waals surface area contributed by atoms with E-state index in [1.165, 1.54) is 18.0 Å². The molecule has 0 radical (unpaired) electrons. The molecule has 0 aliphatic carbocycles. The van der Waals surface area contributed by atoms with E-state index < -0.39 is 0 Å². The third-order valence-electron chi connectivity index (χ3n) is 3.08. The van der Waals surface area contributed by atoms with Crippen LogP contribution in [0.5, 0.6) is 0 Å². The number of rotatable bonds is 5. The average molecular weight is 346 g/mol. The first kappa shape index (κ1) is 18.1. The minimum Gasteiger partial charge on any atom is -0.350 e. The molecule has 1 heterocycles. The van der Waals surface area contributed by atoms with Crippen LogP contribution in [0.15, 0.2) is 41.7 Å². The molecule has 0 fully saturated rings. The van der Waals surface area contributed by atoms with Crippen molar-refractivity contribution in [2.24, 2.45) is 0 Å². The van der Waals surface area contributed by atoms with Gasteiger partial charge in [0.05, 0.1) is 12.7 Å². The summed E-state index contributed by atoms with van der Waals surface area (Å²) in [4.78, 5) is 28.6. The summed E-state index contributed by atoms with van der Waals surface area (Å²) < 4.78 is 1.78. The van der Waals surface area contributed by atoms with E-state index in [9.17, 15) is 9.59 Å². The number of nitrogens with zero attached hydrogens (tertiary/aromatic N) is 2. The number of imidazole rings is 1. The van der Waals surface area contributed by atoms with Gasteiger partial charge in [0.15, 0.2) is 5.16 Å². The number of hydrogen-bond donors (Lipinski definition) is 2. The highest BCUT2D eigenvalue weighted by molar-refractivity contribution is 7.98. The van der Waals surface area contributed by atoms with E-state index in [4.69, 9.17) is 0 Å². The molecule has 1 aromatic carbocycles. The number of nitrogens with one attached hydrogen (secondary N) is 2. The van der Waals surface area contributed by atoms with Gasteiger partial charge in [0, 0.05) is 11.2 Å². The summed E-state index contributed by atoms with van der Waals surface area (Å²) in [6, 6.07) is 9.53. The van der Waals surface area contributed by atoms with E-state index in [1.807, 2.05) is 57.4 Å². The van der Waals surface area contributed by atoms with Crippen molar-refractivity contribution in [3.05, 3.63) is 42.2 Å². The van der Waals surface area contributed by atoms with E-state index in [0.717, 1.165) is 5.69 Å². The standard InChI is InChI=1S/C17H22N4O2S/c1-17(2,3)20-14(22)11-18-15(23)13-10-19-16(24-4)21(13)12-8-6-5-7-9-12/h5-10H,11H2,1-4H3,(H,18,23)(H,20,22). The largest absolute Gasteiger partial charge is 0.350 e. The molecule has 2 rings (SSSR count). The molecule has 2 amide bonds. The first-order chi connectivity index (χ1) is 11.3. The van der Waals surface area contributed by atoms with Crippen LogP contribution in [0, 0.1) is 0 Å². The van der Waals surface area contributed by atoms with Crippen molar-refractivity contribution in [1.29, 1.82) is 0 Å². The molecular weight excluding hydrogens is 324 g/mol. The predicted molar refractivity (Wildman–Crippen MR) is 95.6 cm³/mol. The maximum atomic E-state index is 12.5. The highest BCUT2D eigenvalue weighted by atomic mass is 32.2. The molecule has 0 aliphatic heterocycles. The second kappa shape index (κ2) is 7.53. The first-order valence-corrected chi connectivity index (χ1v) is 8.80. The van der Waals surface area contributed by atoms with Crippen LogP contribution in [0.4, 0.5) is 0 Å². The van der Waals surface area contributed by atoms with Crippen molar-refractivity contribution >= 4 is 23.6 Å². The molecule has 0 aliphatic rings. The molecule has 128 valence electrons. The summed E-state index contributed by atoms with van der Waals surface area (Å²) in [5, 5.41) is 6.17. The fourth-order valence-corrected chi connectivity index (χ4v) is 2.72. The smallest absolute Gasteiger partial charge is 0.270 e. The van der Waals surface area contributed by atoms with Crippen LogP contribution >= 0.6 is 11.8 Å². The minimum atomic E-state index is -0.337. The van der Waals surface area contributed by atoms with Crippen LogP contribution < -0.4 is 10.6 Å². The van der Waals surface area contributed by atoms with Crippen molar-refractivity contribution in [2.75, 3.05) is 12.8 Å². The van der Waals surface area contributed by atoms with Gasteiger partial charge in [-0.1, -0.05) is 30.0 Å². The van der Waals surface area contributed by atoms with Gasteiger partial charge in [0.2, 0.25) is 5.91 Å². The number of amides is 2. The Balaban J connectivity index is 2.16. The van der Waals surface area contributed by atoms with Crippen LogP contribution in [-0.4, -0.2) is 39.7 Å². The summed E-state index contributed by atoms with van der Waals surface area (Å²) in [7, 11) is 0. The monoisotopic (exact) mass is 346 g/mol. The Bertz CT molecular complexity index is 720. The zero-order valence-electron chi connectivity index (χ0n) is 14.3. The Kier molecular flexibility index (Phi) is 5.66. The fraction of sp³-hybridized carbons (Fsp3) is 0.353. The summed E-state index contributed by atoms with van der Waals surface area (Å²) in [5.41, 5.74) is 0.914. The van der Waals surface area contributed by atoms with Gasteiger partial charge in [0.1, 0.15) is 5.69 Å². The number of benzene rings is 1. The topological polar surface area (TPSA) is 76.0 Å². The van der Waals surface area contributed by atoms with E-state index in [2.05, 4.69) is 15.6 Å². The lowest BCUT2D eigenvalue weighted by atomic mass is 10.1.